The van der Waals surface area contributed by atoms with Crippen LogP contribution in [0.3, 0.4) is 0 Å². The minimum Gasteiger partial charge on any atom is -0.370 e. The summed E-state index contributed by atoms with van der Waals surface area (Å²) in [6, 6.07) is 8.13. The Morgan fingerprint density at radius 2 is 2.17 bits per heavy atom. The molecule has 1 rings (SSSR count). The van der Waals surface area contributed by atoms with E-state index in [0.717, 1.165) is 29.1 Å². The van der Waals surface area contributed by atoms with Gasteiger partial charge in [-0.2, -0.15) is 5.26 Å². The van der Waals surface area contributed by atoms with Crippen molar-refractivity contribution < 1.29 is 0 Å². The fourth-order valence-corrected chi connectivity index (χ4v) is 2.52. The Hall–Kier alpha value is -0.720. The number of anilines is 1. The lowest BCUT2D eigenvalue weighted by molar-refractivity contribution is 0.611. The molecular formula is C14H18BrClN2. The number of hydrogen-bond donors (Lipinski definition) is 0. The maximum atomic E-state index is 8.77. The number of halogens is 2. The molecule has 18 heavy (non-hydrogen) atoms. The summed E-state index contributed by atoms with van der Waals surface area (Å²) in [7, 11) is 0. The second kappa shape index (κ2) is 7.66. The van der Waals surface area contributed by atoms with E-state index in [1.807, 2.05) is 18.2 Å². The van der Waals surface area contributed by atoms with Gasteiger partial charge in [-0.15, -0.1) is 0 Å². The first kappa shape index (κ1) is 15.3. The molecule has 0 heterocycles. The second-order valence-corrected chi connectivity index (χ2v) is 5.65. The van der Waals surface area contributed by atoms with Gasteiger partial charge < -0.3 is 4.90 Å². The summed E-state index contributed by atoms with van der Waals surface area (Å²) >= 11 is 9.58. The molecule has 0 radical (unpaired) electrons. The van der Waals surface area contributed by atoms with E-state index >= 15 is 0 Å². The van der Waals surface area contributed by atoms with Crippen LogP contribution >= 0.6 is 27.5 Å². The molecule has 0 fully saturated rings. The molecular weight excluding hydrogens is 312 g/mol. The molecule has 0 aromatic heterocycles. The zero-order chi connectivity index (χ0) is 13.5. The van der Waals surface area contributed by atoms with Gasteiger partial charge in [0.1, 0.15) is 0 Å². The van der Waals surface area contributed by atoms with Gasteiger partial charge in [-0.25, -0.2) is 0 Å². The molecule has 2 nitrogen and oxygen atoms in total. The zero-order valence-electron chi connectivity index (χ0n) is 10.8. The highest BCUT2D eigenvalue weighted by atomic mass is 79.9. The lowest BCUT2D eigenvalue weighted by Gasteiger charge is -2.28. The second-order valence-electron chi connectivity index (χ2n) is 4.65. The van der Waals surface area contributed by atoms with E-state index in [2.05, 4.69) is 40.7 Å². The predicted molar refractivity (Wildman–Crippen MR) is 81.4 cm³/mol. The van der Waals surface area contributed by atoms with Crippen molar-refractivity contribution in [1.82, 2.24) is 0 Å². The number of benzene rings is 1. The van der Waals surface area contributed by atoms with Crippen LogP contribution in [0.25, 0.3) is 0 Å². The van der Waals surface area contributed by atoms with Crippen LogP contribution in [0.5, 0.6) is 0 Å². The van der Waals surface area contributed by atoms with Crippen LogP contribution in [0.4, 0.5) is 5.69 Å². The Morgan fingerprint density at radius 1 is 1.44 bits per heavy atom. The van der Waals surface area contributed by atoms with Gasteiger partial charge >= 0.3 is 0 Å². The molecule has 1 aromatic rings. The van der Waals surface area contributed by atoms with E-state index in [1.54, 1.807) is 0 Å². The molecule has 0 atom stereocenters. The van der Waals surface area contributed by atoms with Crippen LogP contribution in [0.2, 0.25) is 5.02 Å². The van der Waals surface area contributed by atoms with Gasteiger partial charge in [0.05, 0.1) is 12.5 Å². The molecule has 1 aromatic carbocycles. The maximum Gasteiger partial charge on any atom is 0.0640 e. The Morgan fingerprint density at radius 3 is 2.72 bits per heavy atom. The third-order valence-corrected chi connectivity index (χ3v) is 3.45. The van der Waals surface area contributed by atoms with Crippen molar-refractivity contribution in [1.29, 1.82) is 5.26 Å². The first-order chi connectivity index (χ1) is 8.58. The predicted octanol–water partition coefficient (Wildman–Crippen LogP) is 4.61. The minimum atomic E-state index is 0.529. The Kier molecular flexibility index (Phi) is 6.52. The van der Waals surface area contributed by atoms with Crippen molar-refractivity contribution in [2.24, 2.45) is 5.92 Å². The van der Waals surface area contributed by atoms with Gasteiger partial charge in [-0.1, -0.05) is 47.4 Å². The van der Waals surface area contributed by atoms with Crippen molar-refractivity contribution in [3.05, 3.63) is 28.8 Å². The van der Waals surface area contributed by atoms with E-state index in [4.69, 9.17) is 16.9 Å². The Labute approximate surface area is 123 Å². The molecule has 0 aliphatic rings. The molecule has 0 aliphatic heterocycles. The molecule has 4 heteroatoms. The normalized spacial score (nSPS) is 10.4. The standard InChI is InChI=1S/C14H18BrClN2/c1-11(2)10-18(7-3-6-17)14-8-13(16)5-4-12(14)9-15/h4-5,8,11H,3,7,9-10H2,1-2H3. The lowest BCUT2D eigenvalue weighted by Crippen LogP contribution is -2.29. The summed E-state index contributed by atoms with van der Waals surface area (Å²) in [5, 5.41) is 10.3. The monoisotopic (exact) mass is 328 g/mol. The molecule has 0 bridgehead atoms. The van der Waals surface area contributed by atoms with Crippen LogP contribution < -0.4 is 4.90 Å². The van der Waals surface area contributed by atoms with E-state index in [0.29, 0.717) is 12.3 Å². The zero-order valence-corrected chi connectivity index (χ0v) is 13.1. The van der Waals surface area contributed by atoms with Gasteiger partial charge in [-0.3, -0.25) is 0 Å². The molecule has 0 saturated heterocycles. The topological polar surface area (TPSA) is 27.0 Å². The summed E-state index contributed by atoms with van der Waals surface area (Å²) in [6.07, 6.45) is 0.529. The SMILES string of the molecule is CC(C)CN(CCC#N)c1cc(Cl)ccc1CBr. The quantitative estimate of drug-likeness (QED) is 0.713. The van der Waals surface area contributed by atoms with Gasteiger partial charge in [-0.05, 0) is 23.6 Å². The highest BCUT2D eigenvalue weighted by Gasteiger charge is 2.12. The van der Waals surface area contributed by atoms with E-state index < -0.39 is 0 Å². The van der Waals surface area contributed by atoms with Crippen LogP contribution in [0.1, 0.15) is 25.8 Å². The molecule has 0 aliphatic carbocycles. The van der Waals surface area contributed by atoms with E-state index in [1.165, 1.54) is 5.56 Å². The van der Waals surface area contributed by atoms with Crippen LogP contribution in [-0.4, -0.2) is 13.1 Å². The van der Waals surface area contributed by atoms with Gasteiger partial charge in [0, 0.05) is 29.1 Å². The number of hydrogen-bond acceptors (Lipinski definition) is 2. The number of rotatable bonds is 6. The highest BCUT2D eigenvalue weighted by molar-refractivity contribution is 9.08. The minimum absolute atomic E-state index is 0.529. The fourth-order valence-electron chi connectivity index (χ4n) is 1.88. The van der Waals surface area contributed by atoms with Gasteiger partial charge in [0.15, 0.2) is 0 Å². The molecule has 0 N–H and O–H groups in total. The van der Waals surface area contributed by atoms with Crippen molar-refractivity contribution >= 4 is 33.2 Å². The first-order valence-electron chi connectivity index (χ1n) is 6.04. The van der Waals surface area contributed by atoms with Crippen molar-refractivity contribution in [2.75, 3.05) is 18.0 Å². The summed E-state index contributed by atoms with van der Waals surface area (Å²) in [5.41, 5.74) is 2.33. The van der Waals surface area contributed by atoms with E-state index in [9.17, 15) is 0 Å². The number of nitrogens with zero attached hydrogens (tertiary/aromatic N) is 2. The third kappa shape index (κ3) is 4.51. The fraction of sp³-hybridized carbons (Fsp3) is 0.500. The molecule has 0 amide bonds. The maximum absolute atomic E-state index is 8.77. The third-order valence-electron chi connectivity index (χ3n) is 2.61. The van der Waals surface area contributed by atoms with Crippen LogP contribution in [0, 0.1) is 17.2 Å². The first-order valence-corrected chi connectivity index (χ1v) is 7.54. The van der Waals surface area contributed by atoms with Crippen molar-refractivity contribution in [3.63, 3.8) is 0 Å². The molecule has 0 spiro atoms. The molecule has 0 unspecified atom stereocenters. The van der Waals surface area contributed by atoms with Crippen LogP contribution in [0.15, 0.2) is 18.2 Å². The van der Waals surface area contributed by atoms with Crippen molar-refractivity contribution in [3.8, 4) is 6.07 Å². The Balaban J connectivity index is 3.02. The molecule has 0 saturated carbocycles. The average molecular weight is 330 g/mol. The number of nitriles is 1. The van der Waals surface area contributed by atoms with E-state index in [-0.39, 0.29) is 0 Å². The smallest absolute Gasteiger partial charge is 0.0640 e. The summed E-state index contributed by atoms with van der Waals surface area (Å²) in [6.45, 7) is 6.03. The summed E-state index contributed by atoms with van der Waals surface area (Å²) < 4.78 is 0. The van der Waals surface area contributed by atoms with Crippen molar-refractivity contribution in [2.45, 2.75) is 25.6 Å². The highest BCUT2D eigenvalue weighted by Crippen LogP contribution is 2.27. The average Bonchev–Trinajstić information content (AvgIpc) is 2.34. The number of alkyl halides is 1. The summed E-state index contributed by atoms with van der Waals surface area (Å²) in [4.78, 5) is 2.25. The largest absolute Gasteiger partial charge is 0.370 e. The molecule has 98 valence electrons. The van der Waals surface area contributed by atoms with Gasteiger partial charge in [0.2, 0.25) is 0 Å². The van der Waals surface area contributed by atoms with Gasteiger partial charge in [0.25, 0.3) is 0 Å². The Bertz CT molecular complexity index is 426. The van der Waals surface area contributed by atoms with Crippen LogP contribution in [-0.2, 0) is 5.33 Å². The lowest BCUT2D eigenvalue weighted by atomic mass is 10.1. The summed E-state index contributed by atoms with van der Waals surface area (Å²) in [5.74, 6) is 0.547.